The molecular formula is C24H25N3O4. The fourth-order valence-electron chi connectivity index (χ4n) is 4.07. The molecular weight excluding hydrogens is 394 g/mol. The van der Waals surface area contributed by atoms with E-state index in [-0.39, 0.29) is 24.5 Å². The number of aliphatic hydroxyl groups is 1. The number of hydrogen-bond acceptors (Lipinski definition) is 5. The number of benzene rings is 1. The molecule has 1 amide bonds. The van der Waals surface area contributed by atoms with Crippen molar-refractivity contribution < 1.29 is 19.4 Å². The van der Waals surface area contributed by atoms with Crippen molar-refractivity contribution >= 4 is 23.1 Å². The van der Waals surface area contributed by atoms with E-state index >= 15 is 0 Å². The van der Waals surface area contributed by atoms with E-state index in [4.69, 9.17) is 4.74 Å². The summed E-state index contributed by atoms with van der Waals surface area (Å²) in [4.78, 5) is 32.0. The lowest BCUT2D eigenvalue weighted by atomic mass is 9.95. The average molecular weight is 419 g/mol. The first-order valence-electron chi connectivity index (χ1n) is 10.1. The Bertz CT molecular complexity index is 1210. The lowest BCUT2D eigenvalue weighted by molar-refractivity contribution is -0.140. The number of aryl methyl sites for hydroxylation is 3. The van der Waals surface area contributed by atoms with Crippen LogP contribution in [0.2, 0.25) is 0 Å². The zero-order valence-electron chi connectivity index (χ0n) is 18.0. The van der Waals surface area contributed by atoms with Gasteiger partial charge in [0.1, 0.15) is 11.3 Å². The molecule has 0 bridgehead atoms. The number of methoxy groups -OCH3 is 1. The topological polar surface area (TPSA) is 84.1 Å². The van der Waals surface area contributed by atoms with Crippen LogP contribution in [0, 0.1) is 20.8 Å². The van der Waals surface area contributed by atoms with Crippen molar-refractivity contribution in [3.8, 4) is 0 Å². The van der Waals surface area contributed by atoms with Crippen molar-refractivity contribution in [2.24, 2.45) is 0 Å². The number of pyridine rings is 1. The zero-order chi connectivity index (χ0) is 22.3. The number of imidazole rings is 1. The van der Waals surface area contributed by atoms with Gasteiger partial charge in [0.05, 0.1) is 23.9 Å². The smallest absolute Gasteiger partial charge is 0.295 e. The summed E-state index contributed by atoms with van der Waals surface area (Å²) in [6.45, 7) is 6.24. The highest BCUT2D eigenvalue weighted by atomic mass is 16.5. The van der Waals surface area contributed by atoms with Crippen LogP contribution in [0.15, 0.2) is 48.2 Å². The van der Waals surface area contributed by atoms with E-state index < -0.39 is 17.7 Å². The molecule has 0 radical (unpaired) electrons. The van der Waals surface area contributed by atoms with E-state index in [9.17, 15) is 14.7 Å². The van der Waals surface area contributed by atoms with Crippen LogP contribution in [0.25, 0.3) is 11.4 Å². The fourth-order valence-corrected chi connectivity index (χ4v) is 4.07. The van der Waals surface area contributed by atoms with Gasteiger partial charge in [-0.05, 0) is 38.0 Å². The fraction of sp³-hybridized carbons (Fsp3) is 0.292. The minimum atomic E-state index is -0.715. The summed E-state index contributed by atoms with van der Waals surface area (Å²) < 4.78 is 7.01. The third-order valence-corrected chi connectivity index (χ3v) is 5.78. The van der Waals surface area contributed by atoms with Gasteiger partial charge in [0.15, 0.2) is 5.76 Å². The zero-order valence-corrected chi connectivity index (χ0v) is 18.0. The summed E-state index contributed by atoms with van der Waals surface area (Å²) in [5.41, 5.74) is 4.50. The molecule has 1 saturated heterocycles. The third kappa shape index (κ3) is 3.41. The van der Waals surface area contributed by atoms with Gasteiger partial charge in [-0.3, -0.25) is 9.59 Å². The van der Waals surface area contributed by atoms with Gasteiger partial charge in [0, 0.05) is 19.9 Å². The number of likely N-dealkylation sites (tertiary alicyclic amines) is 1. The molecule has 1 aliphatic rings. The lowest BCUT2D eigenvalue weighted by Crippen LogP contribution is -2.32. The van der Waals surface area contributed by atoms with Crippen molar-refractivity contribution in [2.45, 2.75) is 26.8 Å². The number of carbonyl (C=O) groups excluding carboxylic acids is 2. The Morgan fingerprint density at radius 3 is 2.48 bits per heavy atom. The van der Waals surface area contributed by atoms with Gasteiger partial charge >= 0.3 is 0 Å². The highest BCUT2D eigenvalue weighted by molar-refractivity contribution is 6.46. The molecule has 3 aromatic rings. The highest BCUT2D eigenvalue weighted by Crippen LogP contribution is 2.39. The lowest BCUT2D eigenvalue weighted by Gasteiger charge is -2.25. The van der Waals surface area contributed by atoms with Crippen molar-refractivity contribution in [3.63, 3.8) is 0 Å². The first kappa shape index (κ1) is 20.8. The molecule has 2 aromatic heterocycles. The number of fused-ring (bicyclic) bond motifs is 1. The Morgan fingerprint density at radius 1 is 1.13 bits per heavy atom. The van der Waals surface area contributed by atoms with E-state index in [1.165, 1.54) is 4.90 Å². The molecule has 0 spiro atoms. The average Bonchev–Trinajstić information content (AvgIpc) is 3.22. The molecule has 4 rings (SSSR count). The third-order valence-electron chi connectivity index (χ3n) is 5.78. The van der Waals surface area contributed by atoms with Gasteiger partial charge in [-0.2, -0.15) is 0 Å². The molecule has 1 fully saturated rings. The van der Waals surface area contributed by atoms with Crippen LogP contribution in [0.5, 0.6) is 0 Å². The molecule has 160 valence electrons. The maximum Gasteiger partial charge on any atom is 0.295 e. The van der Waals surface area contributed by atoms with Crippen LogP contribution in [0.3, 0.4) is 0 Å². The summed E-state index contributed by atoms with van der Waals surface area (Å²) in [5, 5.41) is 11.3. The predicted molar refractivity (Wildman–Crippen MR) is 117 cm³/mol. The molecule has 31 heavy (non-hydrogen) atoms. The van der Waals surface area contributed by atoms with Gasteiger partial charge < -0.3 is 19.1 Å². The standard InChI is InChI=1S/C24H25N3O4/c1-14-7-9-17(10-8-14)20-18(22(29)24(30)27(20)12-13-31-4)21(28)19-16(3)26-11-5-6-15(2)23(26)25-19/h5-11,20,28H,12-13H2,1-4H3. The number of amides is 1. The Labute approximate surface area is 180 Å². The van der Waals surface area contributed by atoms with Gasteiger partial charge in [-0.15, -0.1) is 0 Å². The molecule has 7 heteroatoms. The van der Waals surface area contributed by atoms with Crippen molar-refractivity contribution in [1.82, 2.24) is 14.3 Å². The number of hydrogen-bond donors (Lipinski definition) is 1. The molecule has 1 aliphatic heterocycles. The second-order valence-electron chi connectivity index (χ2n) is 7.83. The summed E-state index contributed by atoms with van der Waals surface area (Å²) in [5.74, 6) is -1.63. The minimum absolute atomic E-state index is 0.0501. The number of Topliss-reactive ketones (excluding diaryl/α,β-unsaturated/α-hetero) is 1. The Kier molecular flexibility index (Phi) is 5.37. The number of ketones is 1. The first-order valence-corrected chi connectivity index (χ1v) is 10.1. The summed E-state index contributed by atoms with van der Waals surface area (Å²) in [7, 11) is 1.54. The van der Waals surface area contributed by atoms with Gasteiger partial charge in [0.2, 0.25) is 0 Å². The maximum atomic E-state index is 13.1. The predicted octanol–water partition coefficient (Wildman–Crippen LogP) is 3.33. The molecule has 1 unspecified atom stereocenters. The van der Waals surface area contributed by atoms with Crippen molar-refractivity contribution in [2.75, 3.05) is 20.3 Å². The van der Waals surface area contributed by atoms with Crippen LogP contribution in [0.4, 0.5) is 0 Å². The summed E-state index contributed by atoms with van der Waals surface area (Å²) in [6.07, 6.45) is 1.86. The molecule has 0 aliphatic carbocycles. The van der Waals surface area contributed by atoms with E-state index in [1.807, 2.05) is 67.8 Å². The van der Waals surface area contributed by atoms with E-state index in [0.717, 1.165) is 16.7 Å². The quantitative estimate of drug-likeness (QED) is 0.390. The molecule has 0 saturated carbocycles. The maximum absolute atomic E-state index is 13.1. The molecule has 3 heterocycles. The van der Waals surface area contributed by atoms with Crippen LogP contribution in [0.1, 0.15) is 34.1 Å². The van der Waals surface area contributed by atoms with E-state index in [0.29, 0.717) is 17.0 Å². The normalized spacial score (nSPS) is 18.3. The van der Waals surface area contributed by atoms with Crippen LogP contribution >= 0.6 is 0 Å². The monoisotopic (exact) mass is 419 g/mol. The number of rotatable bonds is 5. The van der Waals surface area contributed by atoms with E-state index in [1.54, 1.807) is 7.11 Å². The van der Waals surface area contributed by atoms with Crippen LogP contribution in [-0.2, 0) is 14.3 Å². The van der Waals surface area contributed by atoms with Crippen molar-refractivity contribution in [1.29, 1.82) is 0 Å². The molecule has 1 aromatic carbocycles. The Balaban J connectivity index is 1.93. The number of aromatic nitrogens is 2. The first-order chi connectivity index (χ1) is 14.8. The number of aliphatic hydroxyl groups excluding tert-OH is 1. The summed E-state index contributed by atoms with van der Waals surface area (Å²) in [6, 6.07) is 10.7. The van der Waals surface area contributed by atoms with Crippen molar-refractivity contribution in [3.05, 3.63) is 76.2 Å². The molecule has 7 nitrogen and oxygen atoms in total. The largest absolute Gasteiger partial charge is 0.505 e. The second kappa shape index (κ2) is 8.00. The second-order valence-corrected chi connectivity index (χ2v) is 7.83. The number of ether oxygens (including phenoxy) is 1. The van der Waals surface area contributed by atoms with Crippen LogP contribution in [-0.4, -0.2) is 51.3 Å². The molecule has 1 N–H and O–H groups in total. The SMILES string of the molecule is COCCN1C(=O)C(=O)C(=C(O)c2nc3c(C)cccn3c2C)C1c1ccc(C)cc1. The van der Waals surface area contributed by atoms with Crippen LogP contribution < -0.4 is 0 Å². The number of nitrogens with zero attached hydrogens (tertiary/aromatic N) is 3. The number of carbonyl (C=O) groups is 2. The Morgan fingerprint density at radius 2 is 1.84 bits per heavy atom. The van der Waals surface area contributed by atoms with Gasteiger partial charge in [0.25, 0.3) is 11.7 Å². The van der Waals surface area contributed by atoms with Gasteiger partial charge in [-0.1, -0.05) is 35.9 Å². The van der Waals surface area contributed by atoms with E-state index in [2.05, 4.69) is 4.98 Å². The summed E-state index contributed by atoms with van der Waals surface area (Å²) >= 11 is 0. The highest BCUT2D eigenvalue weighted by Gasteiger charge is 2.46. The Hall–Kier alpha value is -3.45. The molecule has 1 atom stereocenters. The minimum Gasteiger partial charge on any atom is -0.505 e. The van der Waals surface area contributed by atoms with Gasteiger partial charge in [-0.25, -0.2) is 4.98 Å².